The van der Waals surface area contributed by atoms with Gasteiger partial charge in [0.1, 0.15) is 5.78 Å². The quantitative estimate of drug-likeness (QED) is 0.574. The van der Waals surface area contributed by atoms with Crippen molar-refractivity contribution in [3.8, 4) is 0 Å². The molecule has 1 unspecified atom stereocenters. The van der Waals surface area contributed by atoms with Crippen molar-refractivity contribution in [2.75, 3.05) is 0 Å². The largest absolute Gasteiger partial charge is 0.299 e. The SMILES string of the molecule is C=CCC(C)(CC)C(=O)CCC1CCCCC1. The first-order chi connectivity index (χ1) is 8.12. The van der Waals surface area contributed by atoms with E-state index in [1.54, 1.807) is 0 Å². The highest BCUT2D eigenvalue weighted by Crippen LogP contribution is 2.32. The lowest BCUT2D eigenvalue weighted by Gasteiger charge is -2.27. The predicted octanol–water partition coefficient (Wildman–Crippen LogP) is 4.91. The fourth-order valence-corrected chi connectivity index (χ4v) is 2.89. The summed E-state index contributed by atoms with van der Waals surface area (Å²) in [5, 5.41) is 0. The third-order valence-corrected chi connectivity index (χ3v) is 4.55. The van der Waals surface area contributed by atoms with Crippen LogP contribution in [0.2, 0.25) is 0 Å². The normalized spacial score (nSPS) is 20.8. The first-order valence-corrected chi connectivity index (χ1v) is 7.26. The Balaban J connectivity index is 2.38. The number of rotatable bonds is 7. The van der Waals surface area contributed by atoms with Crippen LogP contribution in [0.3, 0.4) is 0 Å². The van der Waals surface area contributed by atoms with Crippen LogP contribution in [0.15, 0.2) is 12.7 Å². The van der Waals surface area contributed by atoms with Gasteiger partial charge in [0.05, 0.1) is 0 Å². The molecule has 0 aliphatic heterocycles. The molecule has 0 bridgehead atoms. The van der Waals surface area contributed by atoms with Crippen LogP contribution in [0.25, 0.3) is 0 Å². The second-order valence-corrected chi connectivity index (χ2v) is 5.87. The summed E-state index contributed by atoms with van der Waals surface area (Å²) in [7, 11) is 0. The Morgan fingerprint density at radius 3 is 2.53 bits per heavy atom. The van der Waals surface area contributed by atoms with Crippen molar-refractivity contribution in [1.82, 2.24) is 0 Å². The Bertz CT molecular complexity index is 250. The standard InChI is InChI=1S/C16H28O/c1-4-13-16(3,5-2)15(17)12-11-14-9-7-6-8-10-14/h4,14H,1,5-13H2,2-3H3. The van der Waals surface area contributed by atoms with E-state index in [0.717, 1.165) is 31.6 Å². The minimum Gasteiger partial charge on any atom is -0.299 e. The van der Waals surface area contributed by atoms with Gasteiger partial charge in [-0.05, 0) is 25.2 Å². The summed E-state index contributed by atoms with van der Waals surface area (Å²) in [6.07, 6.45) is 12.4. The highest BCUT2D eigenvalue weighted by atomic mass is 16.1. The van der Waals surface area contributed by atoms with Gasteiger partial charge in [-0.25, -0.2) is 0 Å². The molecule has 0 amide bonds. The lowest BCUT2D eigenvalue weighted by atomic mass is 9.76. The first-order valence-electron chi connectivity index (χ1n) is 7.26. The molecule has 0 aromatic carbocycles. The molecule has 0 saturated heterocycles. The maximum absolute atomic E-state index is 12.3. The first kappa shape index (κ1) is 14.5. The predicted molar refractivity (Wildman–Crippen MR) is 74.0 cm³/mol. The van der Waals surface area contributed by atoms with Crippen molar-refractivity contribution in [2.45, 2.75) is 71.6 Å². The van der Waals surface area contributed by atoms with Crippen LogP contribution < -0.4 is 0 Å². The number of carbonyl (C=O) groups excluding carboxylic acids is 1. The molecule has 0 heterocycles. The lowest BCUT2D eigenvalue weighted by molar-refractivity contribution is -0.128. The van der Waals surface area contributed by atoms with Gasteiger partial charge >= 0.3 is 0 Å². The zero-order valence-corrected chi connectivity index (χ0v) is 11.6. The molecule has 0 aromatic heterocycles. The molecule has 1 atom stereocenters. The fourth-order valence-electron chi connectivity index (χ4n) is 2.89. The van der Waals surface area contributed by atoms with E-state index in [1.165, 1.54) is 32.1 Å². The maximum atomic E-state index is 12.3. The molecular formula is C16H28O. The minimum atomic E-state index is -0.156. The minimum absolute atomic E-state index is 0.156. The molecule has 0 aromatic rings. The molecule has 1 rings (SSSR count). The van der Waals surface area contributed by atoms with Gasteiger partial charge in [0, 0.05) is 11.8 Å². The molecule has 1 nitrogen and oxygen atoms in total. The average Bonchev–Trinajstić information content (AvgIpc) is 2.37. The van der Waals surface area contributed by atoms with Crippen LogP contribution in [0, 0.1) is 11.3 Å². The summed E-state index contributed by atoms with van der Waals surface area (Å²) >= 11 is 0. The zero-order valence-electron chi connectivity index (χ0n) is 11.6. The number of carbonyl (C=O) groups is 1. The van der Waals surface area contributed by atoms with Crippen LogP contribution in [-0.4, -0.2) is 5.78 Å². The van der Waals surface area contributed by atoms with Crippen molar-refractivity contribution < 1.29 is 4.79 Å². The van der Waals surface area contributed by atoms with Gasteiger partial charge in [-0.1, -0.05) is 52.0 Å². The Labute approximate surface area is 107 Å². The van der Waals surface area contributed by atoms with Crippen LogP contribution >= 0.6 is 0 Å². The number of hydrogen-bond acceptors (Lipinski definition) is 1. The van der Waals surface area contributed by atoms with E-state index in [4.69, 9.17) is 0 Å². The van der Waals surface area contributed by atoms with Crippen molar-refractivity contribution in [2.24, 2.45) is 11.3 Å². The molecule has 0 radical (unpaired) electrons. The molecule has 1 fully saturated rings. The Morgan fingerprint density at radius 1 is 1.35 bits per heavy atom. The molecule has 1 aliphatic carbocycles. The maximum Gasteiger partial charge on any atom is 0.139 e. The van der Waals surface area contributed by atoms with Gasteiger partial charge in [0.25, 0.3) is 0 Å². The van der Waals surface area contributed by atoms with Crippen molar-refractivity contribution in [1.29, 1.82) is 0 Å². The summed E-state index contributed by atoms with van der Waals surface area (Å²) < 4.78 is 0. The Hall–Kier alpha value is -0.590. The molecule has 0 spiro atoms. The van der Waals surface area contributed by atoms with Crippen LogP contribution in [0.5, 0.6) is 0 Å². The summed E-state index contributed by atoms with van der Waals surface area (Å²) in [5.74, 6) is 1.27. The van der Waals surface area contributed by atoms with Gasteiger partial charge in [0.2, 0.25) is 0 Å². The molecule has 0 N–H and O–H groups in total. The van der Waals surface area contributed by atoms with Gasteiger partial charge in [-0.2, -0.15) is 0 Å². The highest BCUT2D eigenvalue weighted by molar-refractivity contribution is 5.84. The monoisotopic (exact) mass is 236 g/mol. The Morgan fingerprint density at radius 2 is 2.00 bits per heavy atom. The van der Waals surface area contributed by atoms with Crippen LogP contribution in [0.1, 0.15) is 71.6 Å². The van der Waals surface area contributed by atoms with Crippen molar-refractivity contribution >= 4 is 5.78 Å². The smallest absolute Gasteiger partial charge is 0.139 e. The second kappa shape index (κ2) is 6.98. The van der Waals surface area contributed by atoms with Gasteiger partial charge in [-0.15, -0.1) is 6.58 Å². The number of allylic oxidation sites excluding steroid dienone is 1. The summed E-state index contributed by atoms with van der Waals surface area (Å²) in [6.45, 7) is 7.98. The molecular weight excluding hydrogens is 208 g/mol. The summed E-state index contributed by atoms with van der Waals surface area (Å²) in [6, 6.07) is 0. The van der Waals surface area contributed by atoms with Crippen LogP contribution in [0.4, 0.5) is 0 Å². The third kappa shape index (κ3) is 4.29. The van der Waals surface area contributed by atoms with Crippen LogP contribution in [-0.2, 0) is 4.79 Å². The van der Waals surface area contributed by atoms with E-state index in [-0.39, 0.29) is 5.41 Å². The highest BCUT2D eigenvalue weighted by Gasteiger charge is 2.29. The van der Waals surface area contributed by atoms with Gasteiger partial charge < -0.3 is 0 Å². The zero-order chi connectivity index (χ0) is 12.7. The van der Waals surface area contributed by atoms with Crippen molar-refractivity contribution in [3.63, 3.8) is 0 Å². The topological polar surface area (TPSA) is 17.1 Å². The molecule has 1 saturated carbocycles. The third-order valence-electron chi connectivity index (χ3n) is 4.55. The average molecular weight is 236 g/mol. The molecule has 1 aliphatic rings. The second-order valence-electron chi connectivity index (χ2n) is 5.87. The van der Waals surface area contributed by atoms with Crippen molar-refractivity contribution in [3.05, 3.63) is 12.7 Å². The summed E-state index contributed by atoms with van der Waals surface area (Å²) in [5.41, 5.74) is -0.156. The fraction of sp³-hybridized carbons (Fsp3) is 0.812. The summed E-state index contributed by atoms with van der Waals surface area (Å²) in [4.78, 5) is 12.3. The van der Waals surface area contributed by atoms with E-state index in [2.05, 4.69) is 20.4 Å². The molecule has 98 valence electrons. The van der Waals surface area contributed by atoms with E-state index in [0.29, 0.717) is 5.78 Å². The van der Waals surface area contributed by atoms with E-state index < -0.39 is 0 Å². The lowest BCUT2D eigenvalue weighted by Crippen LogP contribution is -2.27. The van der Waals surface area contributed by atoms with E-state index in [9.17, 15) is 4.79 Å². The van der Waals surface area contributed by atoms with E-state index in [1.807, 2.05) is 6.08 Å². The van der Waals surface area contributed by atoms with E-state index >= 15 is 0 Å². The molecule has 1 heteroatoms. The number of ketones is 1. The van der Waals surface area contributed by atoms with Gasteiger partial charge in [-0.3, -0.25) is 4.79 Å². The number of Topliss-reactive ketones (excluding diaryl/α,β-unsaturated/α-hetero) is 1. The number of hydrogen-bond donors (Lipinski definition) is 0. The molecule has 17 heavy (non-hydrogen) atoms. The Kier molecular flexibility index (Phi) is 5.94. The van der Waals surface area contributed by atoms with Gasteiger partial charge in [0.15, 0.2) is 0 Å².